The lowest BCUT2D eigenvalue weighted by molar-refractivity contribution is 0.0302. The molecule has 0 radical (unpaired) electrons. The van der Waals surface area contributed by atoms with Crippen LogP contribution in [0.1, 0.15) is 40.5 Å². The van der Waals surface area contributed by atoms with Gasteiger partial charge in [-0.1, -0.05) is 0 Å². The number of nitrogens with zero attached hydrogens (tertiary/aromatic N) is 4. The number of hydrogen-bond acceptors (Lipinski definition) is 4. The smallest absolute Gasteiger partial charge is 0.255 e. The molecule has 2 aliphatic heterocycles. The molecule has 5 rings (SSSR count). The van der Waals surface area contributed by atoms with Gasteiger partial charge in [-0.3, -0.25) is 14.7 Å². The van der Waals surface area contributed by atoms with Crippen LogP contribution in [0.4, 0.5) is 4.39 Å². The zero-order valence-electron chi connectivity index (χ0n) is 17.8. The van der Waals surface area contributed by atoms with Crippen molar-refractivity contribution in [3.05, 3.63) is 65.4 Å². The minimum absolute atomic E-state index is 0.0170. The summed E-state index contributed by atoms with van der Waals surface area (Å²) in [5.41, 5.74) is 3.78. The molecule has 0 aliphatic carbocycles. The molecule has 2 aliphatic rings. The van der Waals surface area contributed by atoms with Crippen LogP contribution in [0, 0.1) is 5.82 Å². The Morgan fingerprint density at radius 3 is 2.81 bits per heavy atom. The van der Waals surface area contributed by atoms with Crippen LogP contribution in [0.3, 0.4) is 0 Å². The molecule has 3 aromatic rings. The summed E-state index contributed by atoms with van der Waals surface area (Å²) in [6, 6.07) is 9.05. The van der Waals surface area contributed by atoms with E-state index in [4.69, 9.17) is 4.74 Å². The van der Waals surface area contributed by atoms with Crippen LogP contribution in [-0.2, 0) is 18.3 Å². The fourth-order valence-corrected chi connectivity index (χ4v) is 4.82. The summed E-state index contributed by atoms with van der Waals surface area (Å²) in [7, 11) is 2.00. The first kappa shape index (κ1) is 20.2. The number of rotatable bonds is 4. The normalized spacial score (nSPS) is 19.9. The maximum absolute atomic E-state index is 13.8. The third kappa shape index (κ3) is 3.95. The van der Waals surface area contributed by atoms with Gasteiger partial charge in [0, 0.05) is 50.0 Å². The number of pyridine rings is 1. The lowest BCUT2D eigenvalue weighted by Crippen LogP contribution is -2.40. The highest BCUT2D eigenvalue weighted by Gasteiger charge is 2.28. The highest BCUT2D eigenvalue weighted by molar-refractivity contribution is 5.94. The minimum Gasteiger partial charge on any atom is -0.378 e. The number of amides is 1. The molecule has 1 aromatic carbocycles. The molecule has 0 spiro atoms. The number of aromatic nitrogens is 2. The van der Waals surface area contributed by atoms with E-state index in [1.54, 1.807) is 12.3 Å². The van der Waals surface area contributed by atoms with Crippen LogP contribution in [0.25, 0.3) is 10.9 Å². The number of benzene rings is 1. The van der Waals surface area contributed by atoms with Crippen molar-refractivity contribution >= 4 is 16.8 Å². The predicted molar refractivity (Wildman–Crippen MR) is 116 cm³/mol. The van der Waals surface area contributed by atoms with E-state index in [9.17, 15) is 9.18 Å². The van der Waals surface area contributed by atoms with Gasteiger partial charge >= 0.3 is 0 Å². The molecule has 1 amide bonds. The van der Waals surface area contributed by atoms with Gasteiger partial charge < -0.3 is 14.2 Å². The van der Waals surface area contributed by atoms with Gasteiger partial charge in [0.05, 0.1) is 30.5 Å². The fraction of sp³-hybridized carbons (Fsp3) is 0.417. The van der Waals surface area contributed by atoms with Crippen LogP contribution in [-0.4, -0.2) is 58.1 Å². The average Bonchev–Trinajstić information content (AvgIpc) is 3.38. The summed E-state index contributed by atoms with van der Waals surface area (Å²) in [5.74, 6) is -0.191. The maximum atomic E-state index is 13.8. The summed E-state index contributed by atoms with van der Waals surface area (Å²) in [6.45, 7) is 4.16. The zero-order valence-corrected chi connectivity index (χ0v) is 17.8. The molecule has 0 bridgehead atoms. The number of carbonyl (C=O) groups is 1. The molecular formula is C24H27FN4O2. The number of fused-ring (bicyclic) bond motifs is 1. The minimum atomic E-state index is -0.208. The summed E-state index contributed by atoms with van der Waals surface area (Å²) in [6.07, 6.45) is 5.93. The Hall–Kier alpha value is -2.77. The topological polar surface area (TPSA) is 50.6 Å². The van der Waals surface area contributed by atoms with Gasteiger partial charge in [-0.15, -0.1) is 0 Å². The van der Waals surface area contributed by atoms with E-state index in [0.29, 0.717) is 31.9 Å². The SMILES string of the molecule is Cn1cc(CN2CCCC2c2ccc(C(=O)N3CCOCC3)cn2)c2cc(F)ccc21. The van der Waals surface area contributed by atoms with E-state index < -0.39 is 0 Å². The number of morpholine rings is 1. The van der Waals surface area contributed by atoms with Crippen molar-refractivity contribution in [2.45, 2.75) is 25.4 Å². The molecule has 0 N–H and O–H groups in total. The number of carbonyl (C=O) groups excluding carboxylic acids is 1. The number of ether oxygens (including phenoxy) is 1. The molecule has 31 heavy (non-hydrogen) atoms. The Bertz CT molecular complexity index is 1090. The van der Waals surface area contributed by atoms with Crippen molar-refractivity contribution in [1.82, 2.24) is 19.4 Å². The maximum Gasteiger partial charge on any atom is 0.255 e. The van der Waals surface area contributed by atoms with E-state index in [0.717, 1.165) is 48.1 Å². The monoisotopic (exact) mass is 422 g/mol. The van der Waals surface area contributed by atoms with Gasteiger partial charge in [0.25, 0.3) is 5.91 Å². The Labute approximate surface area is 181 Å². The van der Waals surface area contributed by atoms with Crippen LogP contribution in [0.15, 0.2) is 42.7 Å². The largest absolute Gasteiger partial charge is 0.378 e. The van der Waals surface area contributed by atoms with Crippen LogP contribution >= 0.6 is 0 Å². The standard InChI is InChI=1S/C24H27FN4O2/c1-27-15-18(20-13-19(25)5-7-22(20)27)16-29-8-2-3-23(29)21-6-4-17(14-26-21)24(30)28-9-11-31-12-10-28/h4-7,13-15,23H,2-3,8-12,16H2,1H3. The summed E-state index contributed by atoms with van der Waals surface area (Å²) in [5, 5.41) is 0.965. The summed E-state index contributed by atoms with van der Waals surface area (Å²) < 4.78 is 21.2. The molecule has 2 saturated heterocycles. The molecule has 7 heteroatoms. The van der Waals surface area contributed by atoms with Gasteiger partial charge in [-0.2, -0.15) is 0 Å². The number of likely N-dealkylation sites (tertiary alicyclic amines) is 1. The van der Waals surface area contributed by atoms with Gasteiger partial charge in [-0.05, 0) is 55.3 Å². The van der Waals surface area contributed by atoms with Crippen molar-refractivity contribution in [1.29, 1.82) is 0 Å². The molecular weight excluding hydrogens is 395 g/mol. The molecule has 2 fully saturated rings. The fourth-order valence-electron chi connectivity index (χ4n) is 4.82. The van der Waals surface area contributed by atoms with E-state index in [1.165, 1.54) is 6.07 Å². The van der Waals surface area contributed by atoms with Crippen molar-refractivity contribution in [3.8, 4) is 0 Å². The second-order valence-corrected chi connectivity index (χ2v) is 8.43. The quantitative estimate of drug-likeness (QED) is 0.646. The highest BCUT2D eigenvalue weighted by Crippen LogP contribution is 2.34. The lowest BCUT2D eigenvalue weighted by Gasteiger charge is -2.27. The van der Waals surface area contributed by atoms with Crippen molar-refractivity contribution in [2.75, 3.05) is 32.8 Å². The van der Waals surface area contributed by atoms with Gasteiger partial charge in [-0.25, -0.2) is 4.39 Å². The van der Waals surface area contributed by atoms with Crippen LogP contribution in [0.5, 0.6) is 0 Å². The van der Waals surface area contributed by atoms with Crippen LogP contribution in [0.2, 0.25) is 0 Å². The number of halogens is 1. The third-order valence-corrected chi connectivity index (χ3v) is 6.44. The molecule has 162 valence electrons. The van der Waals surface area contributed by atoms with E-state index in [-0.39, 0.29) is 17.8 Å². The molecule has 4 heterocycles. The third-order valence-electron chi connectivity index (χ3n) is 6.44. The van der Waals surface area contributed by atoms with Crippen molar-refractivity contribution in [2.24, 2.45) is 7.05 Å². The average molecular weight is 423 g/mol. The lowest BCUT2D eigenvalue weighted by atomic mass is 10.1. The van der Waals surface area contributed by atoms with E-state index in [2.05, 4.69) is 20.6 Å². The Balaban J connectivity index is 1.34. The van der Waals surface area contributed by atoms with Gasteiger partial charge in [0.1, 0.15) is 5.82 Å². The van der Waals surface area contributed by atoms with E-state index in [1.807, 2.05) is 30.1 Å². The Morgan fingerprint density at radius 1 is 1.19 bits per heavy atom. The Morgan fingerprint density at radius 2 is 2.03 bits per heavy atom. The first-order valence-corrected chi connectivity index (χ1v) is 10.9. The van der Waals surface area contributed by atoms with Crippen LogP contribution < -0.4 is 0 Å². The number of hydrogen-bond donors (Lipinski definition) is 0. The predicted octanol–water partition coefficient (Wildman–Crippen LogP) is 3.52. The molecule has 0 saturated carbocycles. The second-order valence-electron chi connectivity index (χ2n) is 8.43. The molecule has 1 unspecified atom stereocenters. The summed E-state index contributed by atoms with van der Waals surface area (Å²) >= 11 is 0. The Kier molecular flexibility index (Phi) is 5.46. The van der Waals surface area contributed by atoms with E-state index >= 15 is 0 Å². The molecule has 1 atom stereocenters. The van der Waals surface area contributed by atoms with Crippen molar-refractivity contribution < 1.29 is 13.9 Å². The van der Waals surface area contributed by atoms with Gasteiger partial charge in [0.2, 0.25) is 0 Å². The first-order valence-electron chi connectivity index (χ1n) is 10.9. The highest BCUT2D eigenvalue weighted by atomic mass is 19.1. The second kappa shape index (κ2) is 8.40. The zero-order chi connectivity index (χ0) is 21.4. The molecule has 6 nitrogen and oxygen atoms in total. The summed E-state index contributed by atoms with van der Waals surface area (Å²) in [4.78, 5) is 21.6. The first-order chi connectivity index (χ1) is 15.1. The number of aryl methyl sites for hydroxylation is 1. The van der Waals surface area contributed by atoms with Crippen molar-refractivity contribution in [3.63, 3.8) is 0 Å². The molecule has 2 aromatic heterocycles. The van der Waals surface area contributed by atoms with Gasteiger partial charge in [0.15, 0.2) is 0 Å².